The van der Waals surface area contributed by atoms with E-state index in [2.05, 4.69) is 0 Å². The molecule has 3 unspecified atom stereocenters. The molecular weight excluding hydrogens is 384 g/mol. The van der Waals surface area contributed by atoms with Crippen molar-refractivity contribution < 1.29 is 13.5 Å². The van der Waals surface area contributed by atoms with Gasteiger partial charge in [-0.2, -0.15) is 4.68 Å². The second-order valence-corrected chi connectivity index (χ2v) is 7.97. The molecule has 10 heteroatoms. The third kappa shape index (κ3) is 2.44. The predicted molar refractivity (Wildman–Crippen MR) is 103 cm³/mol. The van der Waals surface area contributed by atoms with E-state index in [1.165, 1.54) is 13.2 Å². The Hall–Kier alpha value is -2.88. The molecule has 3 aliphatic rings. The third-order valence-corrected chi connectivity index (χ3v) is 6.23. The molecule has 3 heterocycles. The molecule has 0 bridgehead atoms. The van der Waals surface area contributed by atoms with Gasteiger partial charge in [-0.3, -0.25) is 9.20 Å². The Balaban J connectivity index is 1.76. The normalized spacial score (nSPS) is 26.1. The van der Waals surface area contributed by atoms with E-state index < -0.39 is 29.3 Å². The molecule has 0 spiro atoms. The first-order valence-electron chi connectivity index (χ1n) is 9.51. The molecule has 154 valence electrons. The number of rotatable bonds is 3. The highest BCUT2D eigenvalue weighted by Crippen LogP contribution is 2.46. The lowest BCUT2D eigenvalue weighted by atomic mass is 10.0. The molecule has 2 fully saturated rings. The van der Waals surface area contributed by atoms with Crippen LogP contribution in [-0.2, 0) is 0 Å². The SMILES string of the molecule is COc1c(N2CC3=CC(F)C(N)C3C2)c(F)cn2c(=O)n(N)c(=O)c(C3CC3)c12. The first kappa shape index (κ1) is 18.2. The van der Waals surface area contributed by atoms with E-state index in [4.69, 9.17) is 16.3 Å². The van der Waals surface area contributed by atoms with E-state index >= 15 is 4.39 Å². The number of alkyl halides is 1. The second-order valence-electron chi connectivity index (χ2n) is 7.97. The smallest absolute Gasteiger partial charge is 0.354 e. The number of halogens is 2. The van der Waals surface area contributed by atoms with Crippen molar-refractivity contribution in [2.75, 3.05) is 30.9 Å². The minimum Gasteiger partial charge on any atom is -0.492 e. The van der Waals surface area contributed by atoms with Gasteiger partial charge in [0.15, 0.2) is 11.6 Å². The number of nitrogens with two attached hydrogens (primary N) is 2. The van der Waals surface area contributed by atoms with Crippen LogP contribution >= 0.6 is 0 Å². The summed E-state index contributed by atoms with van der Waals surface area (Å²) >= 11 is 0. The summed E-state index contributed by atoms with van der Waals surface area (Å²) in [5.74, 6) is 4.79. The highest BCUT2D eigenvalue weighted by atomic mass is 19.1. The van der Waals surface area contributed by atoms with Crippen LogP contribution in [0, 0.1) is 11.7 Å². The Labute approximate surface area is 163 Å². The number of hydrogen-bond acceptors (Lipinski definition) is 6. The maximum Gasteiger partial charge on any atom is 0.354 e. The average molecular weight is 405 g/mol. The van der Waals surface area contributed by atoms with Crippen molar-refractivity contribution >= 4 is 11.2 Å². The molecule has 1 saturated carbocycles. The van der Waals surface area contributed by atoms with Gasteiger partial charge in [0.05, 0.1) is 18.9 Å². The zero-order valence-corrected chi connectivity index (χ0v) is 15.8. The monoisotopic (exact) mass is 405 g/mol. The van der Waals surface area contributed by atoms with Gasteiger partial charge in [-0.05, 0) is 30.4 Å². The van der Waals surface area contributed by atoms with Crippen LogP contribution in [0.3, 0.4) is 0 Å². The molecular formula is C19H21F2N5O3. The first-order chi connectivity index (χ1) is 13.8. The third-order valence-electron chi connectivity index (χ3n) is 6.23. The molecule has 8 nitrogen and oxygen atoms in total. The summed E-state index contributed by atoms with van der Waals surface area (Å²) in [6.07, 6.45) is 2.89. The van der Waals surface area contributed by atoms with Crippen molar-refractivity contribution in [3.05, 3.63) is 50.1 Å². The summed E-state index contributed by atoms with van der Waals surface area (Å²) in [6.45, 7) is 0.632. The van der Waals surface area contributed by atoms with E-state index in [0.717, 1.165) is 29.0 Å². The minimum absolute atomic E-state index is 0.0542. The number of methoxy groups -OCH3 is 1. The molecule has 0 amide bonds. The molecule has 0 aromatic carbocycles. The lowest BCUT2D eigenvalue weighted by Crippen LogP contribution is -2.44. The van der Waals surface area contributed by atoms with Gasteiger partial charge in [0, 0.05) is 25.0 Å². The van der Waals surface area contributed by atoms with Crippen LogP contribution in [0.1, 0.15) is 24.3 Å². The molecule has 1 saturated heterocycles. The van der Waals surface area contributed by atoms with Crippen LogP contribution in [0.25, 0.3) is 5.52 Å². The van der Waals surface area contributed by atoms with Gasteiger partial charge in [0.2, 0.25) is 0 Å². The fraction of sp³-hybridized carbons (Fsp3) is 0.474. The van der Waals surface area contributed by atoms with Gasteiger partial charge < -0.3 is 21.2 Å². The molecule has 2 aliphatic carbocycles. The number of nitrogens with zero attached hydrogens (tertiary/aromatic N) is 3. The molecule has 29 heavy (non-hydrogen) atoms. The van der Waals surface area contributed by atoms with Crippen LogP contribution in [0.5, 0.6) is 5.75 Å². The Kier molecular flexibility index (Phi) is 3.79. The first-order valence-corrected chi connectivity index (χ1v) is 9.51. The number of ether oxygens (including phenoxy) is 1. The quantitative estimate of drug-likeness (QED) is 0.560. The van der Waals surface area contributed by atoms with E-state index in [1.807, 2.05) is 0 Å². The largest absolute Gasteiger partial charge is 0.492 e. The van der Waals surface area contributed by atoms with Crippen molar-refractivity contribution in [2.24, 2.45) is 11.7 Å². The Morgan fingerprint density at radius 2 is 2.00 bits per heavy atom. The maximum absolute atomic E-state index is 15.2. The van der Waals surface area contributed by atoms with Crippen molar-refractivity contribution in [2.45, 2.75) is 31.0 Å². The molecule has 3 atom stereocenters. The van der Waals surface area contributed by atoms with E-state index in [0.29, 0.717) is 23.3 Å². The highest BCUT2D eigenvalue weighted by Gasteiger charge is 2.42. The average Bonchev–Trinajstić information content (AvgIpc) is 3.39. The minimum atomic E-state index is -1.21. The molecule has 2 aromatic heterocycles. The predicted octanol–water partition coefficient (Wildman–Crippen LogP) is 0.242. The Morgan fingerprint density at radius 1 is 1.28 bits per heavy atom. The number of fused-ring (bicyclic) bond motifs is 2. The molecule has 2 aromatic rings. The van der Waals surface area contributed by atoms with E-state index in [1.54, 1.807) is 4.90 Å². The van der Waals surface area contributed by atoms with Gasteiger partial charge in [0.1, 0.15) is 17.4 Å². The summed E-state index contributed by atoms with van der Waals surface area (Å²) in [5.41, 5.74) is 6.05. The molecule has 1 aliphatic heterocycles. The van der Waals surface area contributed by atoms with Crippen LogP contribution in [0.2, 0.25) is 0 Å². The van der Waals surface area contributed by atoms with E-state index in [9.17, 15) is 14.0 Å². The van der Waals surface area contributed by atoms with Crippen molar-refractivity contribution in [1.29, 1.82) is 0 Å². The number of pyridine rings is 1. The number of hydrogen-bond donors (Lipinski definition) is 2. The zero-order chi connectivity index (χ0) is 20.6. The standard InChI is InChI=1S/C19H21F2N5O3/c1-29-17-15(24-5-9-4-11(20)14(22)10(9)6-24)12(21)7-25-16(17)13(8-2-3-8)18(27)26(23)19(25)28/h4,7-8,10-11,14H,2-3,5-6,22-23H2,1H3. The van der Waals surface area contributed by atoms with Gasteiger partial charge in [-0.15, -0.1) is 0 Å². The summed E-state index contributed by atoms with van der Waals surface area (Å²) in [6, 6.07) is -0.668. The van der Waals surface area contributed by atoms with Crippen LogP contribution < -0.4 is 32.5 Å². The fourth-order valence-corrected chi connectivity index (χ4v) is 4.64. The number of aromatic nitrogens is 2. The highest BCUT2D eigenvalue weighted by molar-refractivity contribution is 5.78. The topological polar surface area (TPSA) is 108 Å². The number of anilines is 1. The van der Waals surface area contributed by atoms with Crippen LogP contribution in [0.15, 0.2) is 27.4 Å². The van der Waals surface area contributed by atoms with Gasteiger partial charge in [-0.25, -0.2) is 13.6 Å². The zero-order valence-electron chi connectivity index (χ0n) is 15.8. The van der Waals surface area contributed by atoms with Crippen LogP contribution in [0.4, 0.5) is 14.5 Å². The lowest BCUT2D eigenvalue weighted by molar-refractivity contribution is 0.323. The maximum atomic E-state index is 15.2. The van der Waals surface area contributed by atoms with Crippen molar-refractivity contribution in [3.8, 4) is 5.75 Å². The summed E-state index contributed by atoms with van der Waals surface area (Å²) in [5, 5.41) is 0. The number of nitrogen functional groups attached to an aromatic ring is 1. The van der Waals surface area contributed by atoms with Crippen LogP contribution in [-0.4, -0.2) is 41.5 Å². The van der Waals surface area contributed by atoms with Gasteiger partial charge >= 0.3 is 5.69 Å². The Morgan fingerprint density at radius 3 is 2.62 bits per heavy atom. The fourth-order valence-electron chi connectivity index (χ4n) is 4.64. The van der Waals surface area contributed by atoms with Crippen molar-refractivity contribution in [1.82, 2.24) is 9.08 Å². The molecule has 5 rings (SSSR count). The molecule has 4 N–H and O–H groups in total. The summed E-state index contributed by atoms with van der Waals surface area (Å²) < 4.78 is 36.1. The van der Waals surface area contributed by atoms with Gasteiger partial charge in [-0.1, -0.05) is 0 Å². The van der Waals surface area contributed by atoms with Crippen molar-refractivity contribution in [3.63, 3.8) is 0 Å². The summed E-state index contributed by atoms with van der Waals surface area (Å²) in [7, 11) is 1.37. The lowest BCUT2D eigenvalue weighted by Gasteiger charge is -2.25. The van der Waals surface area contributed by atoms with Gasteiger partial charge in [0.25, 0.3) is 5.56 Å². The second kappa shape index (κ2) is 6.06. The molecule has 0 radical (unpaired) electrons. The summed E-state index contributed by atoms with van der Waals surface area (Å²) in [4.78, 5) is 27.0. The van der Waals surface area contributed by atoms with E-state index in [-0.39, 0.29) is 28.8 Å². The Bertz CT molecular complexity index is 1180.